The molecule has 1 aromatic rings. The van der Waals surface area contributed by atoms with Gasteiger partial charge in [-0.3, -0.25) is 4.90 Å². The van der Waals surface area contributed by atoms with Gasteiger partial charge < -0.3 is 5.11 Å². The number of thioether (sulfide) groups is 1. The lowest BCUT2D eigenvalue weighted by molar-refractivity contribution is 0.0690. The molecular formula is C14H20N2O2S. The van der Waals surface area contributed by atoms with Gasteiger partial charge in [0.25, 0.3) is 0 Å². The summed E-state index contributed by atoms with van der Waals surface area (Å²) in [5, 5.41) is 8.95. The summed E-state index contributed by atoms with van der Waals surface area (Å²) in [6, 6.07) is 5.20. The van der Waals surface area contributed by atoms with E-state index in [1.54, 1.807) is 6.07 Å². The monoisotopic (exact) mass is 280 g/mol. The number of pyridine rings is 1. The maximum absolute atomic E-state index is 10.9. The van der Waals surface area contributed by atoms with Gasteiger partial charge in [0.2, 0.25) is 0 Å². The van der Waals surface area contributed by atoms with Crippen LogP contribution in [0.2, 0.25) is 0 Å². The Morgan fingerprint density at radius 1 is 1.47 bits per heavy atom. The minimum Gasteiger partial charge on any atom is -0.477 e. The molecule has 2 rings (SSSR count). The molecule has 0 bridgehead atoms. The zero-order valence-corrected chi connectivity index (χ0v) is 12.2. The van der Waals surface area contributed by atoms with Crippen molar-refractivity contribution in [3.8, 4) is 0 Å². The van der Waals surface area contributed by atoms with Crippen molar-refractivity contribution in [2.24, 2.45) is 0 Å². The first kappa shape index (κ1) is 14.3. The van der Waals surface area contributed by atoms with Crippen molar-refractivity contribution in [2.75, 3.05) is 18.8 Å². The number of aromatic nitrogens is 1. The Hall–Kier alpha value is -1.07. The van der Waals surface area contributed by atoms with Crippen molar-refractivity contribution < 1.29 is 9.90 Å². The Bertz CT molecular complexity index is 463. The SMILES string of the molecule is CC1(C)CCN(Cc2cccc(C(=O)O)n2)CCS1. The molecular weight excluding hydrogens is 260 g/mol. The van der Waals surface area contributed by atoms with E-state index in [4.69, 9.17) is 5.11 Å². The summed E-state index contributed by atoms with van der Waals surface area (Å²) in [5.74, 6) is 0.153. The van der Waals surface area contributed by atoms with Crippen molar-refractivity contribution in [2.45, 2.75) is 31.6 Å². The molecule has 0 aromatic carbocycles. The summed E-state index contributed by atoms with van der Waals surface area (Å²) >= 11 is 2.01. The Morgan fingerprint density at radius 3 is 3.00 bits per heavy atom. The van der Waals surface area contributed by atoms with Crippen LogP contribution in [-0.2, 0) is 6.54 Å². The average Bonchev–Trinajstić information content (AvgIpc) is 2.51. The Kier molecular flexibility index (Phi) is 4.47. The Balaban J connectivity index is 2.01. The van der Waals surface area contributed by atoms with Gasteiger partial charge in [0.15, 0.2) is 0 Å². The second-order valence-corrected chi connectivity index (χ2v) is 7.26. The second kappa shape index (κ2) is 5.92. The predicted octanol–water partition coefficient (Wildman–Crippen LogP) is 2.50. The molecule has 1 aliphatic heterocycles. The number of aromatic carboxylic acids is 1. The van der Waals surface area contributed by atoms with E-state index < -0.39 is 5.97 Å². The van der Waals surface area contributed by atoms with Gasteiger partial charge in [0.05, 0.1) is 5.69 Å². The van der Waals surface area contributed by atoms with Gasteiger partial charge in [-0.25, -0.2) is 9.78 Å². The smallest absolute Gasteiger partial charge is 0.354 e. The second-order valence-electron chi connectivity index (χ2n) is 5.45. The molecule has 19 heavy (non-hydrogen) atoms. The van der Waals surface area contributed by atoms with E-state index in [9.17, 15) is 4.79 Å². The summed E-state index contributed by atoms with van der Waals surface area (Å²) in [6.07, 6.45) is 1.15. The van der Waals surface area contributed by atoms with Gasteiger partial charge in [-0.1, -0.05) is 19.9 Å². The third kappa shape index (κ3) is 4.21. The van der Waals surface area contributed by atoms with Crippen molar-refractivity contribution in [3.63, 3.8) is 0 Å². The van der Waals surface area contributed by atoms with Crippen LogP contribution in [0.25, 0.3) is 0 Å². The fraction of sp³-hybridized carbons (Fsp3) is 0.571. The first-order valence-corrected chi connectivity index (χ1v) is 7.50. The van der Waals surface area contributed by atoms with Gasteiger partial charge in [-0.2, -0.15) is 11.8 Å². The topological polar surface area (TPSA) is 53.4 Å². The minimum atomic E-state index is -0.964. The van der Waals surface area contributed by atoms with Crippen molar-refractivity contribution in [1.29, 1.82) is 0 Å². The third-order valence-corrected chi connectivity index (χ3v) is 4.71. The maximum Gasteiger partial charge on any atom is 0.354 e. The van der Waals surface area contributed by atoms with E-state index >= 15 is 0 Å². The first-order valence-electron chi connectivity index (χ1n) is 6.52. The number of carboxylic acids is 1. The summed E-state index contributed by atoms with van der Waals surface area (Å²) < 4.78 is 0.338. The molecule has 5 heteroatoms. The van der Waals surface area contributed by atoms with E-state index in [0.717, 1.165) is 37.5 Å². The summed E-state index contributed by atoms with van der Waals surface area (Å²) in [6.45, 7) is 7.37. The molecule has 0 unspecified atom stereocenters. The van der Waals surface area contributed by atoms with E-state index in [1.807, 2.05) is 17.8 Å². The lowest BCUT2D eigenvalue weighted by atomic mass is 10.1. The number of hydrogen-bond acceptors (Lipinski definition) is 4. The molecule has 0 aliphatic carbocycles. The van der Waals surface area contributed by atoms with E-state index in [1.165, 1.54) is 6.07 Å². The first-order chi connectivity index (χ1) is 8.96. The highest BCUT2D eigenvalue weighted by atomic mass is 32.2. The highest BCUT2D eigenvalue weighted by Gasteiger charge is 2.23. The lowest BCUT2D eigenvalue weighted by Crippen LogP contribution is -2.27. The summed E-state index contributed by atoms with van der Waals surface area (Å²) in [4.78, 5) is 17.4. The van der Waals surface area contributed by atoms with Crippen LogP contribution >= 0.6 is 11.8 Å². The van der Waals surface area contributed by atoms with Crippen molar-refractivity contribution in [3.05, 3.63) is 29.6 Å². The normalized spacial score (nSPS) is 19.9. The van der Waals surface area contributed by atoms with Crippen LogP contribution in [0.3, 0.4) is 0 Å². The van der Waals surface area contributed by atoms with Crippen LogP contribution < -0.4 is 0 Å². The van der Waals surface area contributed by atoms with E-state index in [-0.39, 0.29) is 5.69 Å². The van der Waals surface area contributed by atoms with E-state index in [2.05, 4.69) is 23.7 Å². The van der Waals surface area contributed by atoms with Crippen molar-refractivity contribution >= 4 is 17.7 Å². The van der Waals surface area contributed by atoms with Gasteiger partial charge in [0.1, 0.15) is 5.69 Å². The summed E-state index contributed by atoms with van der Waals surface area (Å²) in [7, 11) is 0. The molecule has 1 fully saturated rings. The van der Waals surface area contributed by atoms with E-state index in [0.29, 0.717) is 4.75 Å². The molecule has 1 aliphatic rings. The molecule has 4 nitrogen and oxygen atoms in total. The molecule has 0 amide bonds. The van der Waals surface area contributed by atoms with Gasteiger partial charge in [-0.05, 0) is 25.1 Å². The van der Waals surface area contributed by atoms with Gasteiger partial charge in [-0.15, -0.1) is 0 Å². The lowest BCUT2D eigenvalue weighted by Gasteiger charge is -2.22. The molecule has 0 radical (unpaired) electrons. The van der Waals surface area contributed by atoms with Crippen LogP contribution in [0.1, 0.15) is 36.5 Å². The van der Waals surface area contributed by atoms with Crippen LogP contribution in [0.5, 0.6) is 0 Å². The fourth-order valence-electron chi connectivity index (χ4n) is 2.14. The van der Waals surface area contributed by atoms with Crippen molar-refractivity contribution in [1.82, 2.24) is 9.88 Å². The maximum atomic E-state index is 10.9. The molecule has 0 atom stereocenters. The highest BCUT2D eigenvalue weighted by Crippen LogP contribution is 2.30. The molecule has 0 saturated carbocycles. The van der Waals surface area contributed by atoms with Gasteiger partial charge in [0, 0.05) is 23.6 Å². The largest absolute Gasteiger partial charge is 0.477 e. The third-order valence-electron chi connectivity index (χ3n) is 3.34. The zero-order valence-electron chi connectivity index (χ0n) is 11.4. The predicted molar refractivity (Wildman–Crippen MR) is 77.6 cm³/mol. The Labute approximate surface area is 118 Å². The number of nitrogens with zero attached hydrogens (tertiary/aromatic N) is 2. The van der Waals surface area contributed by atoms with Gasteiger partial charge >= 0.3 is 5.97 Å². The molecule has 1 aromatic heterocycles. The molecule has 104 valence electrons. The zero-order chi connectivity index (χ0) is 13.9. The summed E-state index contributed by atoms with van der Waals surface area (Å²) in [5.41, 5.74) is 0.964. The minimum absolute atomic E-state index is 0.127. The quantitative estimate of drug-likeness (QED) is 0.922. The molecule has 2 heterocycles. The Morgan fingerprint density at radius 2 is 2.26 bits per heavy atom. The highest BCUT2D eigenvalue weighted by molar-refractivity contribution is 8.00. The molecule has 0 spiro atoms. The number of carbonyl (C=O) groups is 1. The number of hydrogen-bond donors (Lipinski definition) is 1. The number of rotatable bonds is 3. The fourth-order valence-corrected chi connectivity index (χ4v) is 3.27. The van der Waals surface area contributed by atoms with Crippen LogP contribution in [0.4, 0.5) is 0 Å². The van der Waals surface area contributed by atoms with Crippen LogP contribution in [-0.4, -0.2) is 44.5 Å². The average molecular weight is 280 g/mol. The van der Waals surface area contributed by atoms with Crippen LogP contribution in [0.15, 0.2) is 18.2 Å². The molecule has 1 saturated heterocycles. The van der Waals surface area contributed by atoms with Crippen LogP contribution in [0, 0.1) is 0 Å². The standard InChI is InChI=1S/C14H20N2O2S/c1-14(2)6-7-16(8-9-19-14)10-11-4-3-5-12(15-11)13(17)18/h3-5H,6-10H2,1-2H3,(H,17,18). The number of carboxylic acid groups (broad SMARTS) is 1. The molecule has 1 N–H and O–H groups in total.